The molecule has 1 amide bonds. The lowest BCUT2D eigenvalue weighted by molar-refractivity contribution is -0.142. The molecule has 0 aromatic heterocycles. The van der Waals surface area contributed by atoms with Gasteiger partial charge in [0.15, 0.2) is 0 Å². The van der Waals surface area contributed by atoms with Crippen LogP contribution in [0.4, 0.5) is 0 Å². The SMILES string of the molecule is O=C(CCOc1ccccc1Cl)NC1CCCC1C(=O)O. The quantitative estimate of drug-likeness (QED) is 0.846. The maximum Gasteiger partial charge on any atom is 0.308 e. The van der Waals surface area contributed by atoms with E-state index in [1.807, 2.05) is 0 Å². The summed E-state index contributed by atoms with van der Waals surface area (Å²) >= 11 is 5.94. The van der Waals surface area contributed by atoms with E-state index < -0.39 is 11.9 Å². The number of aliphatic carboxylic acids is 1. The number of nitrogens with one attached hydrogen (secondary N) is 1. The summed E-state index contributed by atoms with van der Waals surface area (Å²) in [5.74, 6) is -0.972. The number of carboxylic acids is 1. The zero-order chi connectivity index (χ0) is 15.2. The molecule has 0 radical (unpaired) electrons. The van der Waals surface area contributed by atoms with E-state index in [2.05, 4.69) is 5.32 Å². The lowest BCUT2D eigenvalue weighted by Crippen LogP contribution is -2.40. The fourth-order valence-electron chi connectivity index (χ4n) is 2.52. The van der Waals surface area contributed by atoms with E-state index in [-0.39, 0.29) is 25.0 Å². The van der Waals surface area contributed by atoms with Gasteiger partial charge in [0.05, 0.1) is 24.0 Å². The minimum absolute atomic E-state index is 0.175. The molecule has 1 aromatic rings. The van der Waals surface area contributed by atoms with Crippen LogP contribution < -0.4 is 10.1 Å². The second-order valence-corrected chi connectivity index (χ2v) is 5.49. The predicted molar refractivity (Wildman–Crippen MR) is 78.5 cm³/mol. The smallest absolute Gasteiger partial charge is 0.308 e. The molecule has 1 aliphatic rings. The van der Waals surface area contributed by atoms with Gasteiger partial charge in [-0.1, -0.05) is 30.2 Å². The van der Waals surface area contributed by atoms with Crippen molar-refractivity contribution in [3.05, 3.63) is 29.3 Å². The highest BCUT2D eigenvalue weighted by molar-refractivity contribution is 6.32. The second kappa shape index (κ2) is 7.31. The van der Waals surface area contributed by atoms with Gasteiger partial charge in [-0.05, 0) is 25.0 Å². The number of para-hydroxylation sites is 1. The van der Waals surface area contributed by atoms with Gasteiger partial charge >= 0.3 is 5.97 Å². The van der Waals surface area contributed by atoms with Gasteiger partial charge in [-0.25, -0.2) is 0 Å². The highest BCUT2D eigenvalue weighted by Gasteiger charge is 2.33. The molecular weight excluding hydrogens is 294 g/mol. The Labute approximate surface area is 128 Å². The molecular formula is C15H18ClNO4. The normalized spacial score (nSPS) is 21.0. The van der Waals surface area contributed by atoms with Gasteiger partial charge in [-0.15, -0.1) is 0 Å². The van der Waals surface area contributed by atoms with Crippen LogP contribution in [0.2, 0.25) is 5.02 Å². The van der Waals surface area contributed by atoms with E-state index in [9.17, 15) is 9.59 Å². The Morgan fingerprint density at radius 3 is 2.81 bits per heavy atom. The molecule has 1 saturated carbocycles. The molecule has 0 heterocycles. The molecule has 1 fully saturated rings. The molecule has 2 unspecified atom stereocenters. The fourth-order valence-corrected chi connectivity index (χ4v) is 2.71. The Kier molecular flexibility index (Phi) is 5.44. The van der Waals surface area contributed by atoms with Crippen molar-refractivity contribution in [1.29, 1.82) is 0 Å². The third-order valence-corrected chi connectivity index (χ3v) is 3.92. The second-order valence-electron chi connectivity index (χ2n) is 5.08. The number of ether oxygens (including phenoxy) is 1. The van der Waals surface area contributed by atoms with Crippen LogP contribution in [-0.2, 0) is 9.59 Å². The first-order valence-corrected chi connectivity index (χ1v) is 7.35. The summed E-state index contributed by atoms with van der Waals surface area (Å²) in [5.41, 5.74) is 0. The van der Waals surface area contributed by atoms with Gasteiger partial charge in [0.25, 0.3) is 0 Å². The Hall–Kier alpha value is -1.75. The van der Waals surface area contributed by atoms with Crippen molar-refractivity contribution < 1.29 is 19.4 Å². The molecule has 0 aliphatic heterocycles. The number of benzene rings is 1. The van der Waals surface area contributed by atoms with E-state index in [1.165, 1.54) is 0 Å². The molecule has 5 nitrogen and oxygen atoms in total. The fraction of sp³-hybridized carbons (Fsp3) is 0.467. The number of carbonyl (C=O) groups is 2. The molecule has 0 bridgehead atoms. The molecule has 2 N–H and O–H groups in total. The first-order valence-electron chi connectivity index (χ1n) is 6.97. The molecule has 0 saturated heterocycles. The third kappa shape index (κ3) is 4.36. The minimum atomic E-state index is -0.842. The van der Waals surface area contributed by atoms with Crippen molar-refractivity contribution in [3.63, 3.8) is 0 Å². The van der Waals surface area contributed by atoms with E-state index in [0.717, 1.165) is 6.42 Å². The van der Waals surface area contributed by atoms with Crippen molar-refractivity contribution in [2.45, 2.75) is 31.7 Å². The van der Waals surface area contributed by atoms with Crippen LogP contribution in [0.3, 0.4) is 0 Å². The summed E-state index contributed by atoms with van der Waals surface area (Å²) in [7, 11) is 0. The first-order chi connectivity index (χ1) is 10.1. The number of amides is 1. The Morgan fingerprint density at radius 2 is 2.10 bits per heavy atom. The molecule has 0 spiro atoms. The van der Waals surface area contributed by atoms with Crippen LogP contribution in [0.5, 0.6) is 5.75 Å². The minimum Gasteiger partial charge on any atom is -0.491 e. The standard InChI is InChI=1S/C15H18ClNO4/c16-11-5-1-2-7-13(11)21-9-8-14(18)17-12-6-3-4-10(12)15(19)20/h1-2,5,7,10,12H,3-4,6,8-9H2,(H,17,18)(H,19,20). The highest BCUT2D eigenvalue weighted by atomic mass is 35.5. The maximum atomic E-state index is 11.8. The number of halogens is 1. The molecule has 1 aliphatic carbocycles. The van der Waals surface area contributed by atoms with Gasteiger partial charge in [0, 0.05) is 6.04 Å². The van der Waals surface area contributed by atoms with Crippen molar-refractivity contribution in [2.75, 3.05) is 6.61 Å². The summed E-state index contributed by atoms with van der Waals surface area (Å²) in [6, 6.07) is 6.78. The molecule has 1 aromatic carbocycles. The zero-order valence-corrected chi connectivity index (χ0v) is 12.3. The summed E-state index contributed by atoms with van der Waals surface area (Å²) < 4.78 is 5.44. The Bertz CT molecular complexity index is 520. The van der Waals surface area contributed by atoms with E-state index >= 15 is 0 Å². The summed E-state index contributed by atoms with van der Waals surface area (Å²) in [5, 5.41) is 12.3. The van der Waals surface area contributed by atoms with Crippen molar-refractivity contribution in [3.8, 4) is 5.75 Å². The largest absolute Gasteiger partial charge is 0.491 e. The van der Waals surface area contributed by atoms with E-state index in [4.69, 9.17) is 21.4 Å². The molecule has 2 atom stereocenters. The predicted octanol–water partition coefficient (Wildman–Crippen LogP) is 2.48. The van der Waals surface area contributed by atoms with E-state index in [1.54, 1.807) is 24.3 Å². The van der Waals surface area contributed by atoms with Gasteiger partial charge in [-0.3, -0.25) is 9.59 Å². The van der Waals surface area contributed by atoms with Crippen molar-refractivity contribution in [1.82, 2.24) is 5.32 Å². The topological polar surface area (TPSA) is 75.6 Å². The average Bonchev–Trinajstić information content (AvgIpc) is 2.89. The van der Waals surface area contributed by atoms with Crippen LogP contribution in [-0.4, -0.2) is 29.6 Å². The number of carbonyl (C=O) groups excluding carboxylic acids is 1. The highest BCUT2D eigenvalue weighted by Crippen LogP contribution is 2.26. The number of carboxylic acid groups (broad SMARTS) is 1. The molecule has 6 heteroatoms. The Morgan fingerprint density at radius 1 is 1.33 bits per heavy atom. The molecule has 21 heavy (non-hydrogen) atoms. The van der Waals surface area contributed by atoms with Gasteiger partial charge in [0.2, 0.25) is 5.91 Å². The summed E-state index contributed by atoms with van der Waals surface area (Å²) in [6.07, 6.45) is 2.34. The van der Waals surface area contributed by atoms with Crippen LogP contribution >= 0.6 is 11.6 Å². The van der Waals surface area contributed by atoms with Crippen LogP contribution in [0.1, 0.15) is 25.7 Å². The lowest BCUT2D eigenvalue weighted by Gasteiger charge is -2.17. The van der Waals surface area contributed by atoms with Crippen LogP contribution in [0, 0.1) is 5.92 Å². The maximum absolute atomic E-state index is 11.8. The lowest BCUT2D eigenvalue weighted by atomic mass is 10.0. The van der Waals surface area contributed by atoms with Gasteiger partial charge in [0.1, 0.15) is 5.75 Å². The number of hydrogen-bond acceptors (Lipinski definition) is 3. The number of rotatable bonds is 6. The van der Waals surface area contributed by atoms with Crippen LogP contribution in [0.15, 0.2) is 24.3 Å². The van der Waals surface area contributed by atoms with Gasteiger partial charge in [-0.2, -0.15) is 0 Å². The molecule has 2 rings (SSSR count). The van der Waals surface area contributed by atoms with Crippen molar-refractivity contribution in [2.24, 2.45) is 5.92 Å². The zero-order valence-electron chi connectivity index (χ0n) is 11.5. The average molecular weight is 312 g/mol. The number of hydrogen-bond donors (Lipinski definition) is 2. The van der Waals surface area contributed by atoms with E-state index in [0.29, 0.717) is 23.6 Å². The van der Waals surface area contributed by atoms with Crippen molar-refractivity contribution >= 4 is 23.5 Å². The van der Waals surface area contributed by atoms with Crippen LogP contribution in [0.25, 0.3) is 0 Å². The summed E-state index contributed by atoms with van der Waals surface area (Å²) in [6.45, 7) is 0.208. The third-order valence-electron chi connectivity index (χ3n) is 3.60. The Balaban J connectivity index is 1.75. The molecule has 114 valence electrons. The monoisotopic (exact) mass is 311 g/mol. The first kappa shape index (κ1) is 15.6. The summed E-state index contributed by atoms with van der Waals surface area (Å²) in [4.78, 5) is 22.9. The van der Waals surface area contributed by atoms with Gasteiger partial charge < -0.3 is 15.2 Å².